The molecule has 0 bridgehead atoms. The average molecular weight is 474 g/mol. The predicted octanol–water partition coefficient (Wildman–Crippen LogP) is 3.95. The van der Waals surface area contributed by atoms with E-state index in [1.165, 1.54) is 34.2 Å². The molecule has 172 valence electrons. The van der Waals surface area contributed by atoms with Crippen molar-refractivity contribution in [3.05, 3.63) is 81.7 Å². The molecule has 5 rings (SSSR count). The largest absolute Gasteiger partial charge is 0.467 e. The number of anilines is 1. The summed E-state index contributed by atoms with van der Waals surface area (Å²) in [6.45, 7) is 2.18. The number of amides is 1. The lowest BCUT2D eigenvalue weighted by Gasteiger charge is -2.24. The number of nitrogens with zero attached hydrogens (tertiary/aromatic N) is 3. The number of hydrogen-bond acceptors (Lipinski definition) is 6. The van der Waals surface area contributed by atoms with Gasteiger partial charge in [-0.2, -0.15) is 0 Å². The molecule has 8 heteroatoms. The van der Waals surface area contributed by atoms with E-state index >= 15 is 0 Å². The summed E-state index contributed by atoms with van der Waals surface area (Å²) in [7, 11) is 1.32. The van der Waals surface area contributed by atoms with E-state index in [-0.39, 0.29) is 24.4 Å². The molecule has 2 aromatic carbocycles. The monoisotopic (exact) mass is 473 g/mol. The van der Waals surface area contributed by atoms with Gasteiger partial charge in [0.2, 0.25) is 5.91 Å². The minimum absolute atomic E-state index is 0.0545. The SMILES string of the molecule is COC(=O)C1Cc2ccccc2N1C(=O)CCn1cnc2scc(-c3ccc(C)cc3)c2c1=O. The van der Waals surface area contributed by atoms with Gasteiger partial charge in [-0.05, 0) is 24.1 Å². The molecule has 0 fully saturated rings. The van der Waals surface area contributed by atoms with Gasteiger partial charge in [-0.15, -0.1) is 11.3 Å². The molecule has 0 saturated carbocycles. The molecule has 7 nitrogen and oxygen atoms in total. The van der Waals surface area contributed by atoms with Gasteiger partial charge in [0.1, 0.15) is 10.9 Å². The third kappa shape index (κ3) is 3.80. The van der Waals surface area contributed by atoms with Crippen molar-refractivity contribution in [1.82, 2.24) is 9.55 Å². The Kier molecular flexibility index (Phi) is 5.75. The van der Waals surface area contributed by atoms with E-state index in [1.807, 2.05) is 60.8 Å². The summed E-state index contributed by atoms with van der Waals surface area (Å²) in [5.74, 6) is -0.692. The molecule has 1 aliphatic heterocycles. The molecule has 0 N–H and O–H groups in total. The maximum Gasteiger partial charge on any atom is 0.329 e. The normalized spacial score (nSPS) is 14.9. The zero-order valence-electron chi connectivity index (χ0n) is 18.9. The second-order valence-electron chi connectivity index (χ2n) is 8.32. The molecule has 1 aliphatic rings. The molecule has 1 atom stereocenters. The first kappa shape index (κ1) is 22.0. The van der Waals surface area contributed by atoms with Crippen LogP contribution in [0.2, 0.25) is 0 Å². The maximum atomic E-state index is 13.3. The highest BCUT2D eigenvalue weighted by atomic mass is 32.1. The number of thiophene rings is 1. The first-order valence-electron chi connectivity index (χ1n) is 11.0. The van der Waals surface area contributed by atoms with Crippen molar-refractivity contribution in [1.29, 1.82) is 0 Å². The molecular weight excluding hydrogens is 450 g/mol. The Bertz CT molecular complexity index is 1460. The summed E-state index contributed by atoms with van der Waals surface area (Å²) in [5.41, 5.74) is 4.40. The van der Waals surface area contributed by atoms with Crippen LogP contribution in [0, 0.1) is 6.92 Å². The van der Waals surface area contributed by atoms with E-state index in [0.29, 0.717) is 22.3 Å². The molecule has 0 aliphatic carbocycles. The van der Waals surface area contributed by atoms with Gasteiger partial charge >= 0.3 is 5.97 Å². The maximum absolute atomic E-state index is 13.3. The first-order chi connectivity index (χ1) is 16.5. The van der Waals surface area contributed by atoms with Crippen molar-refractivity contribution in [3.8, 4) is 11.1 Å². The van der Waals surface area contributed by atoms with Gasteiger partial charge in [0.05, 0.1) is 18.8 Å². The summed E-state index contributed by atoms with van der Waals surface area (Å²) in [5, 5.41) is 2.50. The van der Waals surface area contributed by atoms with E-state index in [4.69, 9.17) is 4.74 Å². The highest BCUT2D eigenvalue weighted by Crippen LogP contribution is 2.33. The van der Waals surface area contributed by atoms with Gasteiger partial charge < -0.3 is 4.74 Å². The van der Waals surface area contributed by atoms with Crippen LogP contribution in [-0.4, -0.2) is 34.6 Å². The third-order valence-electron chi connectivity index (χ3n) is 6.21. The van der Waals surface area contributed by atoms with Crippen LogP contribution in [0.25, 0.3) is 21.3 Å². The molecule has 0 radical (unpaired) electrons. The Morgan fingerprint density at radius 2 is 1.91 bits per heavy atom. The van der Waals surface area contributed by atoms with Crippen molar-refractivity contribution in [2.24, 2.45) is 0 Å². The summed E-state index contributed by atoms with van der Waals surface area (Å²) in [4.78, 5) is 45.6. The van der Waals surface area contributed by atoms with E-state index in [1.54, 1.807) is 0 Å². The number of methoxy groups -OCH3 is 1. The summed E-state index contributed by atoms with van der Waals surface area (Å²) in [6.07, 6.45) is 1.96. The summed E-state index contributed by atoms with van der Waals surface area (Å²) in [6, 6.07) is 14.8. The fourth-order valence-corrected chi connectivity index (χ4v) is 5.33. The molecule has 0 saturated heterocycles. The zero-order valence-corrected chi connectivity index (χ0v) is 19.7. The molecule has 0 spiro atoms. The summed E-state index contributed by atoms with van der Waals surface area (Å²) < 4.78 is 6.40. The van der Waals surface area contributed by atoms with Crippen LogP contribution in [0.5, 0.6) is 0 Å². The topological polar surface area (TPSA) is 81.5 Å². The lowest BCUT2D eigenvalue weighted by atomic mass is 10.1. The van der Waals surface area contributed by atoms with Crippen LogP contribution < -0.4 is 10.5 Å². The number of fused-ring (bicyclic) bond motifs is 2. The van der Waals surface area contributed by atoms with Crippen LogP contribution in [0.1, 0.15) is 17.5 Å². The third-order valence-corrected chi connectivity index (χ3v) is 7.09. The Hall–Kier alpha value is -3.78. The Morgan fingerprint density at radius 3 is 2.68 bits per heavy atom. The molecular formula is C26H23N3O4S. The predicted molar refractivity (Wildman–Crippen MR) is 132 cm³/mol. The number of rotatable bonds is 5. The number of carbonyl (C=O) groups is 2. The number of esters is 1. The number of aryl methyl sites for hydroxylation is 2. The average Bonchev–Trinajstić information content (AvgIpc) is 3.46. The minimum atomic E-state index is -0.697. The van der Waals surface area contributed by atoms with E-state index in [9.17, 15) is 14.4 Å². The highest BCUT2D eigenvalue weighted by Gasteiger charge is 2.38. The van der Waals surface area contributed by atoms with E-state index < -0.39 is 12.0 Å². The van der Waals surface area contributed by atoms with Crippen LogP contribution in [-0.2, 0) is 27.3 Å². The lowest BCUT2D eigenvalue weighted by Crippen LogP contribution is -2.44. The molecule has 2 aromatic heterocycles. The Labute approximate surface area is 200 Å². The van der Waals surface area contributed by atoms with Crippen LogP contribution in [0.15, 0.2) is 65.0 Å². The molecule has 34 heavy (non-hydrogen) atoms. The second-order valence-corrected chi connectivity index (χ2v) is 9.18. The van der Waals surface area contributed by atoms with Gasteiger partial charge in [-0.3, -0.25) is 19.1 Å². The quantitative estimate of drug-likeness (QED) is 0.410. The number of aromatic nitrogens is 2. The van der Waals surface area contributed by atoms with Crippen LogP contribution >= 0.6 is 11.3 Å². The first-order valence-corrected chi connectivity index (χ1v) is 11.9. The van der Waals surface area contributed by atoms with Gasteiger partial charge in [-0.25, -0.2) is 9.78 Å². The Morgan fingerprint density at radius 1 is 1.15 bits per heavy atom. The van der Waals surface area contributed by atoms with Crippen molar-refractivity contribution in [3.63, 3.8) is 0 Å². The van der Waals surface area contributed by atoms with Gasteiger partial charge in [0.15, 0.2) is 0 Å². The fraction of sp³-hybridized carbons (Fsp3) is 0.231. The van der Waals surface area contributed by atoms with Crippen molar-refractivity contribution < 1.29 is 14.3 Å². The second kappa shape index (κ2) is 8.87. The molecule has 1 unspecified atom stereocenters. The zero-order chi connectivity index (χ0) is 23.8. The van der Waals surface area contributed by atoms with Gasteiger partial charge in [-0.1, -0.05) is 48.0 Å². The van der Waals surface area contributed by atoms with Crippen molar-refractivity contribution in [2.75, 3.05) is 12.0 Å². The number of para-hydroxylation sites is 1. The van der Waals surface area contributed by atoms with Gasteiger partial charge in [0.25, 0.3) is 5.56 Å². The van der Waals surface area contributed by atoms with Crippen molar-refractivity contribution in [2.45, 2.75) is 32.4 Å². The van der Waals surface area contributed by atoms with E-state index in [2.05, 4.69) is 4.98 Å². The number of hydrogen-bond donors (Lipinski definition) is 0. The minimum Gasteiger partial charge on any atom is -0.467 e. The van der Waals surface area contributed by atoms with Crippen LogP contribution in [0.3, 0.4) is 0 Å². The molecule has 3 heterocycles. The molecule has 4 aromatic rings. The number of carbonyl (C=O) groups excluding carboxylic acids is 2. The smallest absolute Gasteiger partial charge is 0.329 e. The fourth-order valence-electron chi connectivity index (χ4n) is 4.43. The number of ether oxygens (including phenoxy) is 1. The Balaban J connectivity index is 1.43. The van der Waals surface area contributed by atoms with Crippen molar-refractivity contribution >= 4 is 39.1 Å². The van der Waals surface area contributed by atoms with Crippen LogP contribution in [0.4, 0.5) is 5.69 Å². The standard InChI is InChI=1S/C26H23N3O4S/c1-16-7-9-17(10-8-16)19-14-34-24-23(19)25(31)28(15-27-24)12-11-22(30)29-20-6-4-3-5-18(20)13-21(29)26(32)33-2/h3-10,14-15,21H,11-13H2,1-2H3. The lowest BCUT2D eigenvalue weighted by molar-refractivity contribution is -0.143. The van der Waals surface area contributed by atoms with Gasteiger partial charge in [0, 0.05) is 36.0 Å². The van der Waals surface area contributed by atoms with E-state index in [0.717, 1.165) is 22.3 Å². The molecule has 1 amide bonds. The number of benzene rings is 2. The highest BCUT2D eigenvalue weighted by molar-refractivity contribution is 7.17. The summed E-state index contributed by atoms with van der Waals surface area (Å²) >= 11 is 1.43.